The van der Waals surface area contributed by atoms with Crippen molar-refractivity contribution in [1.82, 2.24) is 5.43 Å². The van der Waals surface area contributed by atoms with E-state index in [0.717, 1.165) is 28.0 Å². The van der Waals surface area contributed by atoms with Gasteiger partial charge in [-0.3, -0.25) is 4.79 Å². The first-order chi connectivity index (χ1) is 14.9. The molecule has 0 bridgehead atoms. The van der Waals surface area contributed by atoms with E-state index in [9.17, 15) is 4.79 Å². The number of hydrazone groups is 1. The molecule has 0 fully saturated rings. The predicted octanol–water partition coefficient (Wildman–Crippen LogP) is 5.96. The van der Waals surface area contributed by atoms with Crippen LogP contribution in [0.3, 0.4) is 0 Å². The molecule has 0 aromatic heterocycles. The van der Waals surface area contributed by atoms with Crippen LogP contribution in [0, 0.1) is 13.8 Å². The maximum atomic E-state index is 12.2. The van der Waals surface area contributed by atoms with Gasteiger partial charge in [-0.25, -0.2) is 5.43 Å². The fourth-order valence-electron chi connectivity index (χ4n) is 3.05. The molecule has 160 valence electrons. The van der Waals surface area contributed by atoms with E-state index in [0.29, 0.717) is 28.0 Å². The number of rotatable bonds is 7. The molecular formula is C24H22Cl2N2O3. The minimum Gasteiger partial charge on any atom is -0.497 e. The van der Waals surface area contributed by atoms with Crippen LogP contribution in [0.15, 0.2) is 59.7 Å². The number of carbonyl (C=O) groups is 1. The highest BCUT2D eigenvalue weighted by Crippen LogP contribution is 2.27. The van der Waals surface area contributed by atoms with E-state index < -0.39 is 0 Å². The van der Waals surface area contributed by atoms with Crippen molar-refractivity contribution in [3.8, 4) is 11.5 Å². The predicted molar refractivity (Wildman–Crippen MR) is 125 cm³/mol. The number of amides is 1. The van der Waals surface area contributed by atoms with Crippen LogP contribution in [0.5, 0.6) is 11.5 Å². The van der Waals surface area contributed by atoms with Crippen LogP contribution in [-0.4, -0.2) is 19.2 Å². The summed E-state index contributed by atoms with van der Waals surface area (Å²) in [4.78, 5) is 12.2. The molecule has 0 radical (unpaired) electrons. The van der Waals surface area contributed by atoms with Gasteiger partial charge >= 0.3 is 0 Å². The molecule has 0 spiro atoms. The van der Waals surface area contributed by atoms with Gasteiger partial charge in [0, 0.05) is 21.2 Å². The minimum absolute atomic E-state index is 0.299. The number of nitrogens with one attached hydrogen (secondary N) is 1. The Bertz CT molecular complexity index is 1090. The second-order valence-electron chi connectivity index (χ2n) is 6.94. The zero-order valence-corrected chi connectivity index (χ0v) is 18.9. The summed E-state index contributed by atoms with van der Waals surface area (Å²) in [5.74, 6) is 1.17. The van der Waals surface area contributed by atoms with Crippen molar-refractivity contribution in [2.24, 2.45) is 5.10 Å². The second kappa shape index (κ2) is 10.3. The summed E-state index contributed by atoms with van der Waals surface area (Å²) in [6.07, 6.45) is 1.60. The molecule has 3 rings (SSSR count). The normalized spacial score (nSPS) is 10.9. The third-order valence-corrected chi connectivity index (χ3v) is 5.19. The summed E-state index contributed by atoms with van der Waals surface area (Å²) in [6.45, 7) is 4.25. The molecule has 1 N–H and O–H groups in total. The molecule has 3 aromatic rings. The minimum atomic E-state index is -0.299. The summed E-state index contributed by atoms with van der Waals surface area (Å²) in [5.41, 5.74) is 6.63. The molecule has 0 atom stereocenters. The fourth-order valence-corrected chi connectivity index (χ4v) is 3.51. The van der Waals surface area contributed by atoms with Gasteiger partial charge in [0.1, 0.15) is 18.1 Å². The first-order valence-corrected chi connectivity index (χ1v) is 10.3. The standard InChI is InChI=1S/C24H22Cl2N2O3/c1-15-10-17(13-27-28-24(29)18-5-8-21(30-3)9-6-18)11-16(2)23(15)31-14-19-4-7-20(25)12-22(19)26/h4-13H,14H2,1-3H3,(H,28,29)/b27-13-. The van der Waals surface area contributed by atoms with Gasteiger partial charge < -0.3 is 9.47 Å². The van der Waals surface area contributed by atoms with Crippen LogP contribution >= 0.6 is 23.2 Å². The molecule has 31 heavy (non-hydrogen) atoms. The lowest BCUT2D eigenvalue weighted by atomic mass is 10.1. The number of halogens is 2. The molecule has 0 aliphatic heterocycles. The zero-order chi connectivity index (χ0) is 22.4. The molecule has 0 aliphatic rings. The monoisotopic (exact) mass is 456 g/mol. The van der Waals surface area contributed by atoms with Gasteiger partial charge in [-0.2, -0.15) is 5.10 Å². The second-order valence-corrected chi connectivity index (χ2v) is 7.78. The van der Waals surface area contributed by atoms with E-state index in [1.165, 1.54) is 0 Å². The number of ether oxygens (including phenoxy) is 2. The maximum Gasteiger partial charge on any atom is 0.271 e. The molecule has 5 nitrogen and oxygen atoms in total. The molecule has 0 aliphatic carbocycles. The van der Waals surface area contributed by atoms with Gasteiger partial charge in [0.25, 0.3) is 5.91 Å². The van der Waals surface area contributed by atoms with Crippen molar-refractivity contribution in [3.05, 3.63) is 92.5 Å². The molecular weight excluding hydrogens is 435 g/mol. The molecule has 7 heteroatoms. The first-order valence-electron chi connectivity index (χ1n) is 9.53. The Kier molecular flexibility index (Phi) is 7.55. The largest absolute Gasteiger partial charge is 0.497 e. The molecule has 3 aromatic carbocycles. The molecule has 0 unspecified atom stereocenters. The van der Waals surface area contributed by atoms with E-state index in [1.807, 2.05) is 32.0 Å². The Balaban J connectivity index is 1.64. The number of methoxy groups -OCH3 is 1. The lowest BCUT2D eigenvalue weighted by Gasteiger charge is -2.14. The van der Waals surface area contributed by atoms with Gasteiger partial charge in [-0.15, -0.1) is 0 Å². The van der Waals surface area contributed by atoms with Gasteiger partial charge in [0.05, 0.1) is 13.3 Å². The van der Waals surface area contributed by atoms with Crippen molar-refractivity contribution >= 4 is 35.3 Å². The van der Waals surface area contributed by atoms with Crippen molar-refractivity contribution in [1.29, 1.82) is 0 Å². The fraction of sp³-hybridized carbons (Fsp3) is 0.167. The van der Waals surface area contributed by atoms with Gasteiger partial charge in [-0.05, 0) is 79.1 Å². The van der Waals surface area contributed by atoms with Gasteiger partial charge in [0.2, 0.25) is 0 Å². The average Bonchev–Trinajstić information content (AvgIpc) is 2.74. The van der Waals surface area contributed by atoms with Gasteiger partial charge in [0.15, 0.2) is 0 Å². The Labute approximate surface area is 191 Å². The van der Waals surface area contributed by atoms with E-state index in [-0.39, 0.29) is 5.91 Å². The quantitative estimate of drug-likeness (QED) is 0.352. The van der Waals surface area contributed by atoms with Crippen LogP contribution in [0.2, 0.25) is 10.0 Å². The molecule has 0 saturated carbocycles. The molecule has 0 saturated heterocycles. The lowest BCUT2D eigenvalue weighted by molar-refractivity contribution is 0.0955. The van der Waals surface area contributed by atoms with Crippen LogP contribution in [-0.2, 0) is 6.61 Å². The Morgan fingerprint density at radius 3 is 2.32 bits per heavy atom. The SMILES string of the molecule is COc1ccc(C(=O)N/N=C\c2cc(C)c(OCc3ccc(Cl)cc3Cl)c(C)c2)cc1. The highest BCUT2D eigenvalue weighted by atomic mass is 35.5. The number of carbonyl (C=O) groups excluding carboxylic acids is 1. The highest BCUT2D eigenvalue weighted by molar-refractivity contribution is 6.35. The zero-order valence-electron chi connectivity index (χ0n) is 17.4. The number of benzene rings is 3. The summed E-state index contributed by atoms with van der Waals surface area (Å²) < 4.78 is 11.1. The molecule has 1 amide bonds. The van der Waals surface area contributed by atoms with Crippen LogP contribution in [0.1, 0.15) is 32.6 Å². The Morgan fingerprint density at radius 2 is 1.71 bits per heavy atom. The third kappa shape index (κ3) is 6.00. The lowest BCUT2D eigenvalue weighted by Crippen LogP contribution is -2.17. The highest BCUT2D eigenvalue weighted by Gasteiger charge is 2.09. The van der Waals surface area contributed by atoms with E-state index in [4.69, 9.17) is 32.7 Å². The van der Waals surface area contributed by atoms with E-state index >= 15 is 0 Å². The van der Waals surface area contributed by atoms with Crippen LogP contribution < -0.4 is 14.9 Å². The topological polar surface area (TPSA) is 59.9 Å². The molecule has 0 heterocycles. The smallest absolute Gasteiger partial charge is 0.271 e. The number of hydrogen-bond acceptors (Lipinski definition) is 4. The van der Waals surface area contributed by atoms with Crippen molar-refractivity contribution in [2.75, 3.05) is 7.11 Å². The van der Waals surface area contributed by atoms with Crippen LogP contribution in [0.25, 0.3) is 0 Å². The third-order valence-electron chi connectivity index (χ3n) is 4.60. The van der Waals surface area contributed by atoms with Crippen LogP contribution in [0.4, 0.5) is 0 Å². The first kappa shape index (κ1) is 22.7. The number of nitrogens with zero attached hydrogens (tertiary/aromatic N) is 1. The van der Waals surface area contributed by atoms with E-state index in [2.05, 4.69) is 10.5 Å². The summed E-state index contributed by atoms with van der Waals surface area (Å²) >= 11 is 12.2. The number of hydrogen-bond donors (Lipinski definition) is 1. The average molecular weight is 457 g/mol. The van der Waals surface area contributed by atoms with E-state index in [1.54, 1.807) is 49.7 Å². The van der Waals surface area contributed by atoms with Crippen molar-refractivity contribution < 1.29 is 14.3 Å². The van der Waals surface area contributed by atoms with Crippen molar-refractivity contribution in [3.63, 3.8) is 0 Å². The van der Waals surface area contributed by atoms with Gasteiger partial charge in [-0.1, -0.05) is 29.3 Å². The summed E-state index contributed by atoms with van der Waals surface area (Å²) in [5, 5.41) is 5.21. The summed E-state index contributed by atoms with van der Waals surface area (Å²) in [7, 11) is 1.58. The number of aryl methyl sites for hydroxylation is 2. The Hall–Kier alpha value is -3.02. The van der Waals surface area contributed by atoms with Crippen molar-refractivity contribution in [2.45, 2.75) is 20.5 Å². The maximum absolute atomic E-state index is 12.2. The summed E-state index contributed by atoms with van der Waals surface area (Å²) in [6, 6.07) is 16.0. The Morgan fingerprint density at radius 1 is 1.03 bits per heavy atom.